The molecule has 1 amide bonds. The molecule has 3 N–H and O–H groups in total. The number of hydrogen-bond donors (Lipinski definition) is 3. The number of carbonyl (C=O) groups is 1. The Balaban J connectivity index is 0.00000256. The Morgan fingerprint density at radius 2 is 1.78 bits per heavy atom. The SMILES string of the molecule is CCCCNc1cnc(-c2ccc(S(=O)(=O)C3(C(=O)NO)CCOCC3)cc2)cn1.Cl.Cl. The standard InChI is InChI=1S/C20H26N4O5S.2ClH/c1-2-3-10-21-18-14-22-17(13-23-18)15-4-6-16(7-5-15)30(27,28)20(19(25)24-26)8-11-29-12-9-20;;/h4-7,13-14,26H,2-3,8-12H2,1H3,(H,21,23)(H,24,25);2*1H. The lowest BCUT2D eigenvalue weighted by Crippen LogP contribution is -2.54. The van der Waals surface area contributed by atoms with E-state index in [9.17, 15) is 13.2 Å². The van der Waals surface area contributed by atoms with E-state index in [1.54, 1.807) is 24.5 Å². The van der Waals surface area contributed by atoms with Crippen LogP contribution in [0.1, 0.15) is 32.6 Å². The summed E-state index contributed by atoms with van der Waals surface area (Å²) in [4.78, 5) is 21.0. The van der Waals surface area contributed by atoms with Crippen LogP contribution in [-0.2, 0) is 19.4 Å². The van der Waals surface area contributed by atoms with Crippen LogP contribution in [0.2, 0.25) is 0 Å². The zero-order valence-corrected chi connectivity index (χ0v) is 20.1. The number of carbonyl (C=O) groups excluding carboxylic acids is 1. The lowest BCUT2D eigenvalue weighted by molar-refractivity contribution is -0.134. The van der Waals surface area contributed by atoms with Gasteiger partial charge in [-0.25, -0.2) is 18.9 Å². The number of anilines is 1. The third-order valence-corrected chi connectivity index (χ3v) is 7.79. The van der Waals surface area contributed by atoms with Crippen LogP contribution < -0.4 is 10.8 Å². The molecule has 0 unspecified atom stereocenters. The average Bonchev–Trinajstić information content (AvgIpc) is 2.79. The summed E-state index contributed by atoms with van der Waals surface area (Å²) in [6.45, 7) is 3.18. The highest BCUT2D eigenvalue weighted by Gasteiger charge is 2.52. The van der Waals surface area contributed by atoms with Gasteiger partial charge in [-0.05, 0) is 31.4 Å². The Bertz CT molecular complexity index is 966. The number of unbranched alkanes of at least 4 members (excludes halogenated alkanes) is 1. The molecule has 2 aromatic rings. The van der Waals surface area contributed by atoms with E-state index in [1.165, 1.54) is 17.6 Å². The molecule has 0 bridgehead atoms. The summed E-state index contributed by atoms with van der Waals surface area (Å²) in [5.74, 6) is -0.255. The Labute approximate surface area is 200 Å². The molecule has 12 heteroatoms. The van der Waals surface area contributed by atoms with E-state index in [4.69, 9.17) is 9.94 Å². The van der Waals surface area contributed by atoms with Crippen molar-refractivity contribution in [1.29, 1.82) is 0 Å². The molecule has 1 saturated heterocycles. The average molecular weight is 507 g/mol. The highest BCUT2D eigenvalue weighted by molar-refractivity contribution is 7.93. The molecule has 1 aromatic heterocycles. The topological polar surface area (TPSA) is 131 Å². The molecule has 2 heterocycles. The van der Waals surface area contributed by atoms with Gasteiger partial charge in [-0.2, -0.15) is 0 Å². The van der Waals surface area contributed by atoms with Crippen molar-refractivity contribution in [2.45, 2.75) is 42.2 Å². The summed E-state index contributed by atoms with van der Waals surface area (Å²) in [6, 6.07) is 6.15. The number of rotatable bonds is 8. The van der Waals surface area contributed by atoms with Gasteiger partial charge >= 0.3 is 0 Å². The fourth-order valence-corrected chi connectivity index (χ4v) is 5.35. The number of nitrogens with one attached hydrogen (secondary N) is 2. The molecule has 178 valence electrons. The third-order valence-electron chi connectivity index (χ3n) is 5.28. The summed E-state index contributed by atoms with van der Waals surface area (Å²) in [6.07, 6.45) is 5.33. The fraction of sp³-hybridized carbons (Fsp3) is 0.450. The number of aromatic nitrogens is 2. The van der Waals surface area contributed by atoms with Gasteiger partial charge in [-0.3, -0.25) is 15.0 Å². The molecule has 1 aliphatic heterocycles. The van der Waals surface area contributed by atoms with E-state index in [-0.39, 0.29) is 55.8 Å². The second-order valence-corrected chi connectivity index (χ2v) is 9.40. The number of halogens is 2. The molecule has 0 radical (unpaired) electrons. The van der Waals surface area contributed by atoms with Gasteiger partial charge in [0.25, 0.3) is 5.91 Å². The van der Waals surface area contributed by atoms with Crippen LogP contribution in [0.5, 0.6) is 0 Å². The van der Waals surface area contributed by atoms with Crippen molar-refractivity contribution in [1.82, 2.24) is 15.4 Å². The first-order valence-corrected chi connectivity index (χ1v) is 11.4. The van der Waals surface area contributed by atoms with E-state index in [0.29, 0.717) is 17.1 Å². The molecule has 32 heavy (non-hydrogen) atoms. The molecule has 9 nitrogen and oxygen atoms in total. The molecule has 0 atom stereocenters. The molecule has 0 spiro atoms. The van der Waals surface area contributed by atoms with Crippen LogP contribution in [0.25, 0.3) is 11.3 Å². The third kappa shape index (κ3) is 5.68. The first kappa shape index (κ1) is 28.1. The number of hydrogen-bond acceptors (Lipinski definition) is 8. The molecular weight excluding hydrogens is 479 g/mol. The maximum atomic E-state index is 13.3. The van der Waals surface area contributed by atoms with Crippen molar-refractivity contribution in [3.05, 3.63) is 36.7 Å². The summed E-state index contributed by atoms with van der Waals surface area (Å²) in [5, 5.41) is 12.3. The van der Waals surface area contributed by atoms with Gasteiger partial charge in [0.15, 0.2) is 14.6 Å². The second-order valence-electron chi connectivity index (χ2n) is 7.14. The summed E-state index contributed by atoms with van der Waals surface area (Å²) < 4.78 is 30.0. The van der Waals surface area contributed by atoms with Crippen molar-refractivity contribution < 1.29 is 23.2 Å². The van der Waals surface area contributed by atoms with Gasteiger partial charge in [0, 0.05) is 25.3 Å². The van der Waals surface area contributed by atoms with Gasteiger partial charge in [-0.15, -0.1) is 24.8 Å². The summed E-state index contributed by atoms with van der Waals surface area (Å²) in [7, 11) is -4.05. The maximum Gasteiger partial charge on any atom is 0.265 e. The maximum absolute atomic E-state index is 13.3. The van der Waals surface area contributed by atoms with E-state index >= 15 is 0 Å². The number of sulfone groups is 1. The van der Waals surface area contributed by atoms with Crippen molar-refractivity contribution >= 4 is 46.4 Å². The smallest absolute Gasteiger partial charge is 0.265 e. The number of amides is 1. The van der Waals surface area contributed by atoms with Gasteiger partial charge in [0.05, 0.1) is 23.0 Å². The fourth-order valence-electron chi connectivity index (χ4n) is 3.41. The lowest BCUT2D eigenvalue weighted by atomic mass is 9.98. The molecule has 0 saturated carbocycles. The predicted octanol–water partition coefficient (Wildman–Crippen LogP) is 3.03. The highest BCUT2D eigenvalue weighted by Crippen LogP contribution is 2.35. The largest absolute Gasteiger partial charge is 0.381 e. The van der Waals surface area contributed by atoms with Crippen LogP contribution in [0.3, 0.4) is 0 Å². The molecule has 1 fully saturated rings. The Morgan fingerprint density at radius 1 is 1.12 bits per heavy atom. The Morgan fingerprint density at radius 3 is 2.31 bits per heavy atom. The van der Waals surface area contributed by atoms with Crippen LogP contribution in [0.4, 0.5) is 5.82 Å². The molecule has 1 aromatic carbocycles. The Kier molecular flexibility index (Phi) is 10.8. The van der Waals surface area contributed by atoms with Gasteiger partial charge in [-0.1, -0.05) is 25.5 Å². The van der Waals surface area contributed by atoms with Crippen molar-refractivity contribution in [3.8, 4) is 11.3 Å². The normalized spacial score (nSPS) is 15.1. The van der Waals surface area contributed by atoms with Gasteiger partial charge < -0.3 is 10.1 Å². The first-order chi connectivity index (χ1) is 14.4. The minimum Gasteiger partial charge on any atom is -0.381 e. The first-order valence-electron chi connectivity index (χ1n) is 9.88. The molecule has 0 aliphatic carbocycles. The minimum atomic E-state index is -4.05. The quantitative estimate of drug-likeness (QED) is 0.282. The monoisotopic (exact) mass is 506 g/mol. The van der Waals surface area contributed by atoms with Crippen molar-refractivity contribution in [3.63, 3.8) is 0 Å². The van der Waals surface area contributed by atoms with Gasteiger partial charge in [0.2, 0.25) is 0 Å². The second kappa shape index (κ2) is 12.3. The van der Waals surface area contributed by atoms with Gasteiger partial charge in [0.1, 0.15) is 5.82 Å². The van der Waals surface area contributed by atoms with Crippen LogP contribution >= 0.6 is 24.8 Å². The van der Waals surface area contributed by atoms with Crippen molar-refractivity contribution in [2.24, 2.45) is 0 Å². The Hall–Kier alpha value is -1.98. The number of ether oxygens (including phenoxy) is 1. The van der Waals surface area contributed by atoms with E-state index < -0.39 is 20.5 Å². The lowest BCUT2D eigenvalue weighted by Gasteiger charge is -2.34. The van der Waals surface area contributed by atoms with E-state index in [0.717, 1.165) is 19.4 Å². The predicted molar refractivity (Wildman–Crippen MR) is 125 cm³/mol. The minimum absolute atomic E-state index is 0. The summed E-state index contributed by atoms with van der Waals surface area (Å²) >= 11 is 0. The molecule has 1 aliphatic rings. The van der Waals surface area contributed by atoms with E-state index in [2.05, 4.69) is 22.2 Å². The number of hydroxylamine groups is 1. The summed E-state index contributed by atoms with van der Waals surface area (Å²) in [5.41, 5.74) is 2.82. The van der Waals surface area contributed by atoms with Crippen molar-refractivity contribution in [2.75, 3.05) is 25.1 Å². The number of benzene rings is 1. The number of nitrogens with zero attached hydrogens (tertiary/aromatic N) is 2. The van der Waals surface area contributed by atoms with E-state index in [1.807, 2.05) is 0 Å². The van der Waals surface area contributed by atoms with Crippen LogP contribution in [0.15, 0.2) is 41.6 Å². The highest BCUT2D eigenvalue weighted by atomic mass is 35.5. The zero-order valence-electron chi connectivity index (χ0n) is 17.6. The molecule has 3 rings (SSSR count). The zero-order chi connectivity index (χ0) is 21.6. The molecular formula is C20H28Cl2N4O5S. The van der Waals surface area contributed by atoms with Crippen LogP contribution in [-0.4, -0.2) is 54.0 Å². The van der Waals surface area contributed by atoms with Crippen LogP contribution in [0, 0.1) is 0 Å².